The average molecular weight is 527 g/mol. The average Bonchev–Trinajstić information content (AvgIpc) is 3.03. The third-order valence-corrected chi connectivity index (χ3v) is 7.13. The lowest BCUT2D eigenvalue weighted by Crippen LogP contribution is -1.99. The number of fused-ring (bicyclic) bond motifs is 2. The predicted octanol–water partition coefficient (Wildman–Crippen LogP) is 8.84. The molecule has 6 rings (SSSR count). The van der Waals surface area contributed by atoms with Gasteiger partial charge in [-0.05, 0) is 57.3 Å². The van der Waals surface area contributed by atoms with E-state index >= 15 is 0 Å². The van der Waals surface area contributed by atoms with Crippen LogP contribution in [-0.2, 0) is 13.2 Å². The first-order chi connectivity index (χ1) is 19.8. The van der Waals surface area contributed by atoms with Gasteiger partial charge in [-0.25, -0.2) is 0 Å². The van der Waals surface area contributed by atoms with E-state index in [4.69, 9.17) is 18.9 Å². The predicted molar refractivity (Wildman–Crippen MR) is 162 cm³/mol. The Hall–Kier alpha value is -4.96. The molecule has 6 aromatic rings. The van der Waals surface area contributed by atoms with E-state index in [0.29, 0.717) is 13.2 Å². The Morgan fingerprint density at radius 2 is 0.825 bits per heavy atom. The van der Waals surface area contributed by atoms with Gasteiger partial charge in [-0.3, -0.25) is 0 Å². The van der Waals surface area contributed by atoms with Gasteiger partial charge >= 0.3 is 0 Å². The molecule has 0 saturated carbocycles. The largest absolute Gasteiger partial charge is 0.496 e. The van der Waals surface area contributed by atoms with Gasteiger partial charge in [0.2, 0.25) is 0 Å². The highest BCUT2D eigenvalue weighted by Gasteiger charge is 2.18. The van der Waals surface area contributed by atoms with E-state index < -0.39 is 0 Å². The van der Waals surface area contributed by atoms with Crippen LogP contribution in [0.2, 0.25) is 0 Å². The summed E-state index contributed by atoms with van der Waals surface area (Å²) in [7, 11) is 3.39. The normalized spacial score (nSPS) is 10.9. The molecule has 0 atom stereocenters. The Bertz CT molecular complexity index is 1630. The first-order valence-electron chi connectivity index (χ1n) is 13.3. The minimum Gasteiger partial charge on any atom is -0.496 e. The van der Waals surface area contributed by atoms with Crippen LogP contribution in [0.1, 0.15) is 11.1 Å². The van der Waals surface area contributed by atoms with Crippen molar-refractivity contribution in [3.63, 3.8) is 0 Å². The first-order valence-corrected chi connectivity index (χ1v) is 13.3. The van der Waals surface area contributed by atoms with E-state index in [1.807, 2.05) is 72.8 Å². The molecular weight excluding hydrogens is 496 g/mol. The highest BCUT2D eigenvalue weighted by atomic mass is 16.5. The summed E-state index contributed by atoms with van der Waals surface area (Å²) in [5.41, 5.74) is 4.38. The molecule has 0 aliphatic carbocycles. The molecule has 0 bridgehead atoms. The minimum atomic E-state index is 0.473. The van der Waals surface area contributed by atoms with E-state index in [0.717, 1.165) is 66.8 Å². The molecule has 6 aromatic carbocycles. The summed E-state index contributed by atoms with van der Waals surface area (Å²) in [6.45, 7) is 0.946. The van der Waals surface area contributed by atoms with Gasteiger partial charge in [-0.1, -0.05) is 97.1 Å². The number of benzene rings is 6. The molecule has 0 aliphatic rings. The smallest absolute Gasteiger partial charge is 0.131 e. The van der Waals surface area contributed by atoms with Crippen LogP contribution >= 0.6 is 0 Å². The molecule has 198 valence electrons. The van der Waals surface area contributed by atoms with Gasteiger partial charge < -0.3 is 18.9 Å². The van der Waals surface area contributed by atoms with Crippen molar-refractivity contribution in [3.05, 3.63) is 132 Å². The van der Waals surface area contributed by atoms with Gasteiger partial charge in [0.25, 0.3) is 0 Å². The zero-order valence-corrected chi connectivity index (χ0v) is 22.6. The van der Waals surface area contributed by atoms with Crippen LogP contribution in [0.25, 0.3) is 32.7 Å². The fraction of sp³-hybridized carbons (Fsp3) is 0.111. The topological polar surface area (TPSA) is 36.9 Å². The molecular formula is C36H30O4. The molecule has 0 fully saturated rings. The van der Waals surface area contributed by atoms with Crippen molar-refractivity contribution in [1.82, 2.24) is 0 Å². The van der Waals surface area contributed by atoms with Crippen molar-refractivity contribution < 1.29 is 18.9 Å². The second-order valence-corrected chi connectivity index (χ2v) is 9.54. The van der Waals surface area contributed by atoms with Crippen LogP contribution in [-0.4, -0.2) is 14.2 Å². The number of hydrogen-bond acceptors (Lipinski definition) is 4. The zero-order valence-electron chi connectivity index (χ0n) is 22.6. The summed E-state index contributed by atoms with van der Waals surface area (Å²) < 4.78 is 24.3. The van der Waals surface area contributed by atoms with Crippen molar-refractivity contribution in [2.24, 2.45) is 0 Å². The van der Waals surface area contributed by atoms with E-state index in [1.54, 1.807) is 14.2 Å². The van der Waals surface area contributed by atoms with Crippen LogP contribution in [0.4, 0.5) is 0 Å². The lowest BCUT2D eigenvalue weighted by molar-refractivity contribution is 0.308. The summed E-state index contributed by atoms with van der Waals surface area (Å²) in [6.07, 6.45) is 0. The number of methoxy groups -OCH3 is 2. The fourth-order valence-electron chi connectivity index (χ4n) is 5.20. The first kappa shape index (κ1) is 25.3. The van der Waals surface area contributed by atoms with Crippen LogP contribution in [0.5, 0.6) is 23.0 Å². The number of hydrogen-bond donors (Lipinski definition) is 0. The van der Waals surface area contributed by atoms with Gasteiger partial charge in [0.1, 0.15) is 36.2 Å². The standard InChI is InChI=1S/C36H30O4/c1-37-31-17-9-15-29-27(19-21-33(35(29)31)39-23-25-11-5-3-6-12-25)28-20-22-34(40-24-26-13-7-4-8-14-26)36-30(28)16-10-18-32(36)38-2/h3-22H,23-24H2,1-2H3. The molecule has 0 saturated heterocycles. The van der Waals surface area contributed by atoms with Crippen molar-refractivity contribution in [3.8, 4) is 34.1 Å². The number of ether oxygens (including phenoxy) is 4. The Labute approximate surface area is 234 Å². The van der Waals surface area contributed by atoms with Gasteiger partial charge in [-0.15, -0.1) is 0 Å². The van der Waals surface area contributed by atoms with Crippen molar-refractivity contribution in [2.75, 3.05) is 14.2 Å². The Balaban J connectivity index is 1.47. The van der Waals surface area contributed by atoms with Crippen molar-refractivity contribution in [1.29, 1.82) is 0 Å². The van der Waals surface area contributed by atoms with Crippen LogP contribution in [0, 0.1) is 0 Å². The monoisotopic (exact) mass is 526 g/mol. The zero-order chi connectivity index (χ0) is 27.3. The maximum atomic E-state index is 6.34. The van der Waals surface area contributed by atoms with Gasteiger partial charge in [-0.2, -0.15) is 0 Å². The summed E-state index contributed by atoms with van der Waals surface area (Å²) in [5, 5.41) is 3.98. The van der Waals surface area contributed by atoms with Gasteiger partial charge in [0, 0.05) is 0 Å². The van der Waals surface area contributed by atoms with E-state index in [1.165, 1.54) is 0 Å². The maximum absolute atomic E-state index is 6.34. The van der Waals surface area contributed by atoms with E-state index in [2.05, 4.69) is 48.5 Å². The lowest BCUT2D eigenvalue weighted by Gasteiger charge is -2.18. The third kappa shape index (κ3) is 4.92. The fourth-order valence-corrected chi connectivity index (χ4v) is 5.20. The maximum Gasteiger partial charge on any atom is 0.131 e. The van der Waals surface area contributed by atoms with Crippen LogP contribution in [0.3, 0.4) is 0 Å². The van der Waals surface area contributed by atoms with E-state index in [-0.39, 0.29) is 0 Å². The van der Waals surface area contributed by atoms with Crippen LogP contribution in [0.15, 0.2) is 121 Å². The SMILES string of the molecule is COc1cccc2c(-c3ccc(OCc4ccccc4)c4c(OC)cccc34)ccc(OCc3ccccc3)c12. The summed E-state index contributed by atoms with van der Waals surface area (Å²) in [6, 6.07) is 40.9. The minimum absolute atomic E-state index is 0.473. The molecule has 4 heteroatoms. The molecule has 0 unspecified atom stereocenters. The van der Waals surface area contributed by atoms with Gasteiger partial charge in [0.05, 0.1) is 25.0 Å². The molecule has 0 spiro atoms. The lowest BCUT2D eigenvalue weighted by atomic mass is 9.92. The molecule has 0 aliphatic heterocycles. The van der Waals surface area contributed by atoms with E-state index in [9.17, 15) is 0 Å². The van der Waals surface area contributed by atoms with Crippen LogP contribution < -0.4 is 18.9 Å². The van der Waals surface area contributed by atoms with Crippen molar-refractivity contribution >= 4 is 21.5 Å². The van der Waals surface area contributed by atoms with Gasteiger partial charge in [0.15, 0.2) is 0 Å². The summed E-state index contributed by atoms with van der Waals surface area (Å²) >= 11 is 0. The number of rotatable bonds is 9. The Morgan fingerprint density at radius 1 is 0.400 bits per heavy atom. The summed E-state index contributed by atoms with van der Waals surface area (Å²) in [5.74, 6) is 3.11. The van der Waals surface area contributed by atoms with Crippen molar-refractivity contribution in [2.45, 2.75) is 13.2 Å². The molecule has 4 nitrogen and oxygen atoms in total. The highest BCUT2D eigenvalue weighted by molar-refractivity contribution is 6.11. The second-order valence-electron chi connectivity index (χ2n) is 9.54. The molecule has 0 amide bonds. The molecule has 0 aromatic heterocycles. The summed E-state index contributed by atoms with van der Waals surface area (Å²) in [4.78, 5) is 0. The molecule has 0 N–H and O–H groups in total. The molecule has 0 heterocycles. The molecule has 0 radical (unpaired) electrons. The Kier molecular flexibility index (Phi) is 7.23. The second kappa shape index (κ2) is 11.4. The quantitative estimate of drug-likeness (QED) is 0.189. The third-order valence-electron chi connectivity index (χ3n) is 7.13. The Morgan fingerprint density at radius 3 is 1.23 bits per heavy atom. The molecule has 40 heavy (non-hydrogen) atoms. The highest BCUT2D eigenvalue weighted by Crippen LogP contribution is 2.45.